The second-order valence-corrected chi connectivity index (χ2v) is 7.65. The molecular weight excluding hydrogens is 414 g/mol. The molecule has 31 heavy (non-hydrogen) atoms. The number of nitrogens with one attached hydrogen (secondary N) is 2. The molecule has 2 aromatic carbocycles. The van der Waals surface area contributed by atoms with E-state index in [1.807, 2.05) is 49.4 Å². The number of halogens is 1. The van der Waals surface area contributed by atoms with E-state index in [4.69, 9.17) is 11.6 Å². The molecule has 1 atom stereocenters. The first-order chi connectivity index (χ1) is 14.9. The van der Waals surface area contributed by atoms with Crippen LogP contribution in [0.5, 0.6) is 0 Å². The zero-order valence-corrected chi connectivity index (χ0v) is 18.1. The number of pyridine rings is 1. The summed E-state index contributed by atoms with van der Waals surface area (Å²) in [5.74, 6) is -1.06. The zero-order chi connectivity index (χ0) is 22.4. The van der Waals surface area contributed by atoms with Gasteiger partial charge in [0.25, 0.3) is 11.8 Å². The van der Waals surface area contributed by atoms with Crippen LogP contribution < -0.4 is 16.1 Å². The number of benzene rings is 2. The van der Waals surface area contributed by atoms with Gasteiger partial charge in [0.2, 0.25) is 5.43 Å². The molecule has 6 nitrogen and oxygen atoms in total. The molecule has 2 N–H and O–H groups in total. The predicted molar refractivity (Wildman–Crippen MR) is 122 cm³/mol. The molecule has 3 aromatic rings. The molecule has 0 saturated heterocycles. The number of aryl methyl sites for hydroxylation is 2. The van der Waals surface area contributed by atoms with Crippen LogP contribution in [0, 0.1) is 0 Å². The molecule has 3 rings (SSSR count). The van der Waals surface area contributed by atoms with Gasteiger partial charge >= 0.3 is 0 Å². The molecule has 0 saturated carbocycles. The lowest BCUT2D eigenvalue weighted by Crippen LogP contribution is -2.35. The van der Waals surface area contributed by atoms with Crippen molar-refractivity contribution in [2.75, 3.05) is 7.05 Å². The van der Waals surface area contributed by atoms with Crippen molar-refractivity contribution in [3.8, 4) is 0 Å². The van der Waals surface area contributed by atoms with Crippen LogP contribution in [0.25, 0.3) is 0 Å². The van der Waals surface area contributed by atoms with Gasteiger partial charge < -0.3 is 15.2 Å². The molecule has 0 aliphatic carbocycles. The van der Waals surface area contributed by atoms with Crippen LogP contribution in [0.1, 0.15) is 44.8 Å². The van der Waals surface area contributed by atoms with E-state index in [9.17, 15) is 14.4 Å². The Hall–Kier alpha value is -3.38. The van der Waals surface area contributed by atoms with E-state index in [1.165, 1.54) is 19.4 Å². The summed E-state index contributed by atoms with van der Waals surface area (Å²) < 4.78 is 1.71. The van der Waals surface area contributed by atoms with Crippen molar-refractivity contribution in [1.29, 1.82) is 0 Å². The van der Waals surface area contributed by atoms with Crippen LogP contribution in [0.15, 0.2) is 71.8 Å². The Labute approximate surface area is 185 Å². The highest BCUT2D eigenvalue weighted by Crippen LogP contribution is 2.16. The van der Waals surface area contributed by atoms with Crippen molar-refractivity contribution in [3.63, 3.8) is 0 Å². The van der Waals surface area contributed by atoms with Crippen molar-refractivity contribution in [2.45, 2.75) is 25.9 Å². The first-order valence-corrected chi connectivity index (χ1v) is 10.3. The van der Waals surface area contributed by atoms with Crippen molar-refractivity contribution in [1.82, 2.24) is 15.2 Å². The van der Waals surface area contributed by atoms with Gasteiger partial charge in [-0.05, 0) is 36.6 Å². The summed E-state index contributed by atoms with van der Waals surface area (Å²) in [6.07, 6.45) is 3.68. The van der Waals surface area contributed by atoms with Crippen LogP contribution in [0.4, 0.5) is 0 Å². The fourth-order valence-corrected chi connectivity index (χ4v) is 3.36. The normalized spacial score (nSPS) is 11.6. The smallest absolute Gasteiger partial charge is 0.257 e. The summed E-state index contributed by atoms with van der Waals surface area (Å²) in [4.78, 5) is 38.0. The Bertz CT molecular complexity index is 1130. The largest absolute Gasteiger partial charge is 0.355 e. The minimum Gasteiger partial charge on any atom is -0.355 e. The van der Waals surface area contributed by atoms with E-state index in [2.05, 4.69) is 10.6 Å². The van der Waals surface area contributed by atoms with E-state index < -0.39 is 17.2 Å². The highest BCUT2D eigenvalue weighted by Gasteiger charge is 2.20. The average Bonchev–Trinajstić information content (AvgIpc) is 2.78. The van der Waals surface area contributed by atoms with E-state index >= 15 is 0 Å². The molecule has 1 aromatic heterocycles. The van der Waals surface area contributed by atoms with Crippen molar-refractivity contribution >= 4 is 23.4 Å². The summed E-state index contributed by atoms with van der Waals surface area (Å²) in [6, 6.07) is 16.6. The number of rotatable bonds is 7. The molecule has 0 aliphatic heterocycles. The summed E-state index contributed by atoms with van der Waals surface area (Å²) in [5.41, 5.74) is 1.23. The summed E-state index contributed by atoms with van der Waals surface area (Å²) >= 11 is 5.92. The zero-order valence-electron chi connectivity index (χ0n) is 17.4. The quantitative estimate of drug-likeness (QED) is 0.592. The summed E-state index contributed by atoms with van der Waals surface area (Å²) in [7, 11) is 1.45. The fourth-order valence-electron chi connectivity index (χ4n) is 3.23. The van der Waals surface area contributed by atoms with Crippen molar-refractivity contribution < 1.29 is 9.59 Å². The second kappa shape index (κ2) is 10.1. The predicted octanol–water partition coefficient (Wildman–Crippen LogP) is 3.60. The maximum atomic E-state index is 12.9. The maximum Gasteiger partial charge on any atom is 0.257 e. The third kappa shape index (κ3) is 5.61. The topological polar surface area (TPSA) is 80.2 Å². The van der Waals surface area contributed by atoms with Crippen LogP contribution in [-0.4, -0.2) is 23.4 Å². The molecule has 0 aliphatic rings. The van der Waals surface area contributed by atoms with E-state index in [1.54, 1.807) is 16.7 Å². The second-order valence-electron chi connectivity index (χ2n) is 7.21. The molecule has 0 fully saturated rings. The van der Waals surface area contributed by atoms with Crippen molar-refractivity contribution in [3.05, 3.63) is 104 Å². The highest BCUT2D eigenvalue weighted by molar-refractivity contribution is 6.30. The lowest BCUT2D eigenvalue weighted by atomic mass is 10.1. The maximum absolute atomic E-state index is 12.9. The van der Waals surface area contributed by atoms with Crippen LogP contribution in [-0.2, 0) is 13.0 Å². The Kier molecular flexibility index (Phi) is 7.26. The average molecular weight is 438 g/mol. The number of carbonyl (C=O) groups is 2. The van der Waals surface area contributed by atoms with Gasteiger partial charge in [-0.2, -0.15) is 0 Å². The molecule has 0 radical (unpaired) electrons. The minimum atomic E-state index is -0.601. The Balaban J connectivity index is 1.87. The van der Waals surface area contributed by atoms with Gasteiger partial charge in [-0.1, -0.05) is 54.1 Å². The van der Waals surface area contributed by atoms with Gasteiger partial charge in [0.15, 0.2) is 0 Å². The number of hydrogen-bond acceptors (Lipinski definition) is 3. The lowest BCUT2D eigenvalue weighted by Gasteiger charge is -2.16. The van der Waals surface area contributed by atoms with Gasteiger partial charge in [-0.25, -0.2) is 0 Å². The first-order valence-electron chi connectivity index (χ1n) is 9.95. The van der Waals surface area contributed by atoms with Gasteiger partial charge in [0, 0.05) is 31.0 Å². The molecule has 1 heterocycles. The van der Waals surface area contributed by atoms with Crippen molar-refractivity contribution in [2.24, 2.45) is 0 Å². The Morgan fingerprint density at radius 1 is 0.968 bits per heavy atom. The standard InChI is InChI=1S/C24H24ClN3O3/c1-16(18-8-10-19(25)11-9-18)27-24(31)21-15-28(13-12-17-6-4-3-5-7-17)14-20(22(21)29)23(30)26-2/h3-11,14-16H,12-13H2,1-2H3,(H,26,30)(H,27,31)/t16-/m1/s1. The Morgan fingerprint density at radius 2 is 1.58 bits per heavy atom. The molecule has 160 valence electrons. The van der Waals surface area contributed by atoms with E-state index in [-0.39, 0.29) is 17.2 Å². The lowest BCUT2D eigenvalue weighted by molar-refractivity contribution is 0.0938. The highest BCUT2D eigenvalue weighted by atomic mass is 35.5. The van der Waals surface area contributed by atoms with E-state index in [0.717, 1.165) is 11.1 Å². The van der Waals surface area contributed by atoms with Gasteiger partial charge in [-0.15, -0.1) is 0 Å². The van der Waals surface area contributed by atoms with Crippen LogP contribution in [0.2, 0.25) is 5.02 Å². The number of carbonyl (C=O) groups excluding carboxylic acids is 2. The summed E-state index contributed by atoms with van der Waals surface area (Å²) in [5, 5.41) is 5.89. The molecule has 2 amide bonds. The Morgan fingerprint density at radius 3 is 2.19 bits per heavy atom. The third-order valence-corrected chi connectivity index (χ3v) is 5.27. The van der Waals surface area contributed by atoms with Crippen LogP contribution >= 0.6 is 11.6 Å². The first kappa shape index (κ1) is 22.3. The molecule has 0 bridgehead atoms. The van der Waals surface area contributed by atoms with E-state index in [0.29, 0.717) is 18.0 Å². The number of amides is 2. The number of aromatic nitrogens is 1. The number of hydrogen-bond donors (Lipinski definition) is 2. The minimum absolute atomic E-state index is 0.0673. The monoisotopic (exact) mass is 437 g/mol. The number of nitrogens with zero attached hydrogens (tertiary/aromatic N) is 1. The van der Waals surface area contributed by atoms with Crippen LogP contribution in [0.3, 0.4) is 0 Å². The molecule has 0 spiro atoms. The van der Waals surface area contributed by atoms with Gasteiger partial charge in [-0.3, -0.25) is 14.4 Å². The fraction of sp³-hybridized carbons (Fsp3) is 0.208. The third-order valence-electron chi connectivity index (χ3n) is 5.01. The van der Waals surface area contributed by atoms with Gasteiger partial charge in [0.05, 0.1) is 6.04 Å². The molecule has 0 unspecified atom stereocenters. The molecule has 7 heteroatoms. The summed E-state index contributed by atoms with van der Waals surface area (Å²) in [6.45, 7) is 2.33. The van der Waals surface area contributed by atoms with Gasteiger partial charge in [0.1, 0.15) is 11.1 Å². The SMILES string of the molecule is CNC(=O)c1cn(CCc2ccccc2)cc(C(=O)N[C@H](C)c2ccc(Cl)cc2)c1=O. The molecular formula is C24H24ClN3O3.